The van der Waals surface area contributed by atoms with Crippen molar-refractivity contribution in [3.8, 4) is 6.07 Å². The Morgan fingerprint density at radius 2 is 2.13 bits per heavy atom. The van der Waals surface area contributed by atoms with Gasteiger partial charge in [0.15, 0.2) is 5.16 Å². The number of nitriles is 1. The van der Waals surface area contributed by atoms with Gasteiger partial charge in [-0.2, -0.15) is 5.26 Å². The molecule has 23 heavy (non-hydrogen) atoms. The molecular formula is C16H10FN5S. The van der Waals surface area contributed by atoms with Gasteiger partial charge < -0.3 is 0 Å². The molecule has 112 valence electrons. The predicted molar refractivity (Wildman–Crippen MR) is 85.5 cm³/mol. The predicted octanol–water partition coefficient (Wildman–Crippen LogP) is 3.51. The zero-order valence-electron chi connectivity index (χ0n) is 11.8. The number of nitrogens with one attached hydrogen (secondary N) is 1. The average Bonchev–Trinajstić information content (AvgIpc) is 3.13. The second-order valence-electron chi connectivity index (χ2n) is 4.97. The van der Waals surface area contributed by atoms with Crippen LogP contribution in [-0.2, 0) is 5.75 Å². The van der Waals surface area contributed by atoms with Gasteiger partial charge in [0.2, 0.25) is 5.78 Å². The molecule has 4 rings (SSSR count). The molecule has 0 saturated heterocycles. The number of hydrogen-bond acceptors (Lipinski definition) is 4. The summed E-state index contributed by atoms with van der Waals surface area (Å²) in [5.41, 5.74) is 2.99. The summed E-state index contributed by atoms with van der Waals surface area (Å²) < 4.78 is 15.1. The van der Waals surface area contributed by atoms with E-state index in [0.717, 1.165) is 21.8 Å². The van der Waals surface area contributed by atoms with E-state index < -0.39 is 5.82 Å². The lowest BCUT2D eigenvalue weighted by Crippen LogP contribution is -1.91. The van der Waals surface area contributed by atoms with E-state index >= 15 is 0 Å². The molecule has 0 spiro atoms. The zero-order valence-corrected chi connectivity index (χ0v) is 12.6. The number of aromatic amines is 1. The van der Waals surface area contributed by atoms with Gasteiger partial charge >= 0.3 is 0 Å². The van der Waals surface area contributed by atoms with Crippen LogP contribution in [0, 0.1) is 17.1 Å². The summed E-state index contributed by atoms with van der Waals surface area (Å²) in [5.74, 6) is 0.793. The van der Waals surface area contributed by atoms with Crippen molar-refractivity contribution in [3.63, 3.8) is 0 Å². The Balaban J connectivity index is 1.70. The summed E-state index contributed by atoms with van der Waals surface area (Å²) >= 11 is 1.47. The Bertz CT molecular complexity index is 1060. The first-order valence-corrected chi connectivity index (χ1v) is 7.88. The van der Waals surface area contributed by atoms with Gasteiger partial charge in [-0.25, -0.2) is 14.5 Å². The van der Waals surface area contributed by atoms with E-state index in [-0.39, 0.29) is 0 Å². The summed E-state index contributed by atoms with van der Waals surface area (Å²) in [6.45, 7) is 0. The number of rotatable bonds is 3. The molecule has 2 heterocycles. The summed E-state index contributed by atoms with van der Waals surface area (Å²) in [7, 11) is 0. The summed E-state index contributed by atoms with van der Waals surface area (Å²) in [5, 5.41) is 17.1. The number of halogens is 1. The van der Waals surface area contributed by atoms with E-state index in [1.54, 1.807) is 6.07 Å². The smallest absolute Gasteiger partial charge is 0.231 e. The minimum atomic E-state index is -0.405. The van der Waals surface area contributed by atoms with Gasteiger partial charge in [-0.1, -0.05) is 30.0 Å². The molecule has 5 nitrogen and oxygen atoms in total. The van der Waals surface area contributed by atoms with E-state index in [0.29, 0.717) is 17.1 Å². The number of nitrogens with zero attached hydrogens (tertiary/aromatic N) is 4. The van der Waals surface area contributed by atoms with Crippen molar-refractivity contribution >= 4 is 28.6 Å². The van der Waals surface area contributed by atoms with Gasteiger partial charge in [-0.05, 0) is 29.8 Å². The Hall–Kier alpha value is -2.85. The fourth-order valence-electron chi connectivity index (χ4n) is 2.46. The SMILES string of the molecule is N#Cc1cc(F)ccc1CSc1n[nH]c2nc3ccccc3n12. The van der Waals surface area contributed by atoms with E-state index in [1.807, 2.05) is 34.7 Å². The molecule has 4 aromatic rings. The van der Waals surface area contributed by atoms with Crippen molar-refractivity contribution < 1.29 is 4.39 Å². The number of benzene rings is 2. The van der Waals surface area contributed by atoms with Gasteiger partial charge in [0.25, 0.3) is 0 Å². The van der Waals surface area contributed by atoms with Crippen molar-refractivity contribution in [2.75, 3.05) is 0 Å². The quantitative estimate of drug-likeness (QED) is 0.586. The molecule has 0 aliphatic rings. The molecule has 7 heteroatoms. The van der Waals surface area contributed by atoms with E-state index in [4.69, 9.17) is 5.26 Å². The number of para-hydroxylation sites is 2. The van der Waals surface area contributed by atoms with Crippen LogP contribution in [0.3, 0.4) is 0 Å². The minimum absolute atomic E-state index is 0.347. The highest BCUT2D eigenvalue weighted by Crippen LogP contribution is 2.26. The van der Waals surface area contributed by atoms with Crippen LogP contribution < -0.4 is 0 Å². The second kappa shape index (κ2) is 5.41. The molecule has 0 saturated carbocycles. The third kappa shape index (κ3) is 2.33. The maximum absolute atomic E-state index is 13.2. The summed E-state index contributed by atoms with van der Waals surface area (Å²) in [6, 6.07) is 14.1. The summed E-state index contributed by atoms with van der Waals surface area (Å²) in [6.07, 6.45) is 0. The highest BCUT2D eigenvalue weighted by atomic mass is 32.2. The number of fused-ring (bicyclic) bond motifs is 3. The van der Waals surface area contributed by atoms with Crippen molar-refractivity contribution in [3.05, 3.63) is 59.4 Å². The highest BCUT2D eigenvalue weighted by molar-refractivity contribution is 7.98. The maximum atomic E-state index is 13.2. The lowest BCUT2D eigenvalue weighted by Gasteiger charge is -2.03. The van der Waals surface area contributed by atoms with Crippen molar-refractivity contribution in [2.24, 2.45) is 0 Å². The van der Waals surface area contributed by atoms with Crippen molar-refractivity contribution in [1.82, 2.24) is 19.6 Å². The average molecular weight is 323 g/mol. The first-order chi connectivity index (χ1) is 11.3. The molecule has 0 fully saturated rings. The first kappa shape index (κ1) is 13.8. The number of H-pyrrole nitrogens is 1. The molecule has 0 unspecified atom stereocenters. The van der Waals surface area contributed by atoms with Crippen LogP contribution in [0.2, 0.25) is 0 Å². The van der Waals surface area contributed by atoms with Gasteiger partial charge in [0, 0.05) is 5.75 Å². The van der Waals surface area contributed by atoms with Gasteiger partial charge in [0.05, 0.1) is 22.7 Å². The van der Waals surface area contributed by atoms with Gasteiger partial charge in [-0.3, -0.25) is 4.40 Å². The molecule has 0 radical (unpaired) electrons. The molecule has 1 N–H and O–H groups in total. The number of aromatic nitrogens is 4. The third-order valence-electron chi connectivity index (χ3n) is 3.55. The van der Waals surface area contributed by atoms with Gasteiger partial charge in [-0.15, -0.1) is 5.10 Å². The minimum Gasteiger partial charge on any atom is -0.254 e. The standard InChI is InChI=1S/C16H10FN5S/c17-12-6-5-10(11(7-12)8-18)9-23-16-21-20-15-19-13-3-1-2-4-14(13)22(15)16/h1-7H,9H2,(H,19,20). The number of hydrogen-bond donors (Lipinski definition) is 1. The molecular weight excluding hydrogens is 313 g/mol. The molecule has 0 atom stereocenters. The molecule has 2 aromatic carbocycles. The van der Waals surface area contributed by atoms with Crippen LogP contribution >= 0.6 is 11.8 Å². The van der Waals surface area contributed by atoms with E-state index in [2.05, 4.69) is 15.2 Å². The molecule has 0 aliphatic heterocycles. The van der Waals surface area contributed by atoms with Crippen molar-refractivity contribution in [2.45, 2.75) is 10.9 Å². The Labute approximate surface area is 134 Å². The molecule has 0 bridgehead atoms. The molecule has 2 aromatic heterocycles. The number of imidazole rings is 1. The van der Waals surface area contributed by atoms with Crippen LogP contribution in [-0.4, -0.2) is 19.6 Å². The highest BCUT2D eigenvalue weighted by Gasteiger charge is 2.13. The monoisotopic (exact) mass is 323 g/mol. The first-order valence-electron chi connectivity index (χ1n) is 6.89. The molecule has 0 aliphatic carbocycles. The Morgan fingerprint density at radius 3 is 3.00 bits per heavy atom. The third-order valence-corrected chi connectivity index (χ3v) is 4.54. The number of thioether (sulfide) groups is 1. The topological polar surface area (TPSA) is 69.8 Å². The Kier molecular flexibility index (Phi) is 3.24. The van der Waals surface area contributed by atoms with Crippen LogP contribution in [0.1, 0.15) is 11.1 Å². The van der Waals surface area contributed by atoms with E-state index in [9.17, 15) is 4.39 Å². The molecule has 0 amide bonds. The van der Waals surface area contributed by atoms with Crippen LogP contribution in [0.5, 0.6) is 0 Å². The second-order valence-corrected chi connectivity index (χ2v) is 5.91. The Morgan fingerprint density at radius 1 is 1.26 bits per heavy atom. The van der Waals surface area contributed by atoms with Crippen molar-refractivity contribution in [1.29, 1.82) is 5.26 Å². The normalized spacial score (nSPS) is 11.1. The summed E-state index contributed by atoms with van der Waals surface area (Å²) in [4.78, 5) is 4.47. The lowest BCUT2D eigenvalue weighted by molar-refractivity contribution is 0.627. The maximum Gasteiger partial charge on any atom is 0.231 e. The van der Waals surface area contributed by atoms with Gasteiger partial charge in [0.1, 0.15) is 5.82 Å². The zero-order chi connectivity index (χ0) is 15.8. The lowest BCUT2D eigenvalue weighted by atomic mass is 10.1. The van der Waals surface area contributed by atoms with Crippen LogP contribution in [0.15, 0.2) is 47.6 Å². The largest absolute Gasteiger partial charge is 0.254 e. The fraction of sp³-hybridized carbons (Fsp3) is 0.0625. The fourth-order valence-corrected chi connectivity index (χ4v) is 3.42. The van der Waals surface area contributed by atoms with Crippen LogP contribution in [0.4, 0.5) is 4.39 Å². The van der Waals surface area contributed by atoms with E-state index in [1.165, 1.54) is 23.9 Å². The van der Waals surface area contributed by atoms with Crippen LogP contribution in [0.25, 0.3) is 16.8 Å².